The summed E-state index contributed by atoms with van der Waals surface area (Å²) in [5.74, 6) is 1.30. The molecule has 0 radical (unpaired) electrons. The van der Waals surface area contributed by atoms with Crippen LogP contribution >= 0.6 is 0 Å². The first-order chi connectivity index (χ1) is 8.88. The van der Waals surface area contributed by atoms with Crippen LogP contribution in [-0.4, -0.2) is 31.5 Å². The van der Waals surface area contributed by atoms with E-state index in [-0.39, 0.29) is 0 Å². The summed E-state index contributed by atoms with van der Waals surface area (Å²) in [6.07, 6.45) is 1.71. The molecule has 6 heteroatoms. The Morgan fingerprint density at radius 2 is 2.11 bits per heavy atom. The number of rotatable bonds is 3. The molecule has 0 spiro atoms. The van der Waals surface area contributed by atoms with E-state index in [1.54, 1.807) is 10.9 Å². The van der Waals surface area contributed by atoms with Crippen LogP contribution in [0.3, 0.4) is 0 Å². The van der Waals surface area contributed by atoms with Crippen LogP contribution in [0.2, 0.25) is 0 Å². The van der Waals surface area contributed by atoms with Crippen LogP contribution < -0.4 is 5.32 Å². The zero-order chi connectivity index (χ0) is 12.4. The zero-order valence-corrected chi connectivity index (χ0v) is 9.91. The number of para-hydroxylation sites is 1. The number of anilines is 1. The SMILES string of the molecule is CCNc1nccc(-n2nnc3ccccc32)n1. The van der Waals surface area contributed by atoms with Crippen molar-refractivity contribution in [2.75, 3.05) is 11.9 Å². The van der Waals surface area contributed by atoms with E-state index < -0.39 is 0 Å². The molecule has 2 aromatic heterocycles. The minimum atomic E-state index is 0.592. The van der Waals surface area contributed by atoms with E-state index in [1.807, 2.05) is 37.3 Å². The third kappa shape index (κ3) is 1.77. The van der Waals surface area contributed by atoms with E-state index in [4.69, 9.17) is 0 Å². The monoisotopic (exact) mass is 240 g/mol. The van der Waals surface area contributed by atoms with Crippen molar-refractivity contribution in [3.8, 4) is 5.82 Å². The Hall–Kier alpha value is -2.50. The fraction of sp³-hybridized carbons (Fsp3) is 0.167. The van der Waals surface area contributed by atoms with Gasteiger partial charge in [0.05, 0.1) is 5.52 Å². The number of hydrogen-bond donors (Lipinski definition) is 1. The third-order valence-electron chi connectivity index (χ3n) is 2.54. The fourth-order valence-electron chi connectivity index (χ4n) is 1.75. The van der Waals surface area contributed by atoms with Crippen molar-refractivity contribution < 1.29 is 0 Å². The van der Waals surface area contributed by atoms with E-state index in [2.05, 4.69) is 25.6 Å². The molecule has 0 aliphatic heterocycles. The predicted octanol–water partition coefficient (Wildman–Crippen LogP) is 1.64. The molecule has 3 rings (SSSR count). The van der Waals surface area contributed by atoms with Gasteiger partial charge in [0.2, 0.25) is 5.95 Å². The van der Waals surface area contributed by atoms with E-state index in [9.17, 15) is 0 Å². The van der Waals surface area contributed by atoms with Gasteiger partial charge in [-0.15, -0.1) is 5.10 Å². The molecule has 1 N–H and O–H groups in total. The van der Waals surface area contributed by atoms with Crippen LogP contribution in [-0.2, 0) is 0 Å². The first-order valence-electron chi connectivity index (χ1n) is 5.76. The topological polar surface area (TPSA) is 68.5 Å². The number of aromatic nitrogens is 5. The largest absolute Gasteiger partial charge is 0.354 e. The van der Waals surface area contributed by atoms with Crippen molar-refractivity contribution in [1.82, 2.24) is 25.0 Å². The Bertz CT molecular complexity index is 675. The molecule has 0 bridgehead atoms. The van der Waals surface area contributed by atoms with Crippen molar-refractivity contribution in [2.45, 2.75) is 6.92 Å². The van der Waals surface area contributed by atoms with Crippen LogP contribution in [0.1, 0.15) is 6.92 Å². The van der Waals surface area contributed by atoms with Crippen molar-refractivity contribution in [1.29, 1.82) is 0 Å². The molecular weight excluding hydrogens is 228 g/mol. The number of benzene rings is 1. The molecule has 0 aliphatic rings. The van der Waals surface area contributed by atoms with Gasteiger partial charge in [-0.25, -0.2) is 4.98 Å². The summed E-state index contributed by atoms with van der Waals surface area (Å²) in [6, 6.07) is 9.58. The number of nitrogens with zero attached hydrogens (tertiary/aromatic N) is 5. The second-order valence-corrected chi connectivity index (χ2v) is 3.76. The lowest BCUT2D eigenvalue weighted by atomic mass is 10.3. The van der Waals surface area contributed by atoms with Crippen molar-refractivity contribution in [2.24, 2.45) is 0 Å². The number of hydrogen-bond acceptors (Lipinski definition) is 5. The maximum Gasteiger partial charge on any atom is 0.224 e. The molecule has 6 nitrogen and oxygen atoms in total. The Morgan fingerprint density at radius 3 is 3.00 bits per heavy atom. The molecule has 0 unspecified atom stereocenters. The first kappa shape index (κ1) is 10.6. The average Bonchev–Trinajstić information content (AvgIpc) is 2.83. The highest BCUT2D eigenvalue weighted by Crippen LogP contribution is 2.14. The number of fused-ring (bicyclic) bond motifs is 1. The molecule has 3 aromatic rings. The van der Waals surface area contributed by atoms with Gasteiger partial charge in [-0.1, -0.05) is 17.3 Å². The normalized spacial score (nSPS) is 10.7. The van der Waals surface area contributed by atoms with E-state index >= 15 is 0 Å². The Kier molecular flexibility index (Phi) is 2.60. The first-order valence-corrected chi connectivity index (χ1v) is 5.76. The summed E-state index contributed by atoms with van der Waals surface area (Å²) in [7, 11) is 0. The molecule has 0 saturated heterocycles. The number of nitrogens with one attached hydrogen (secondary N) is 1. The van der Waals surface area contributed by atoms with Gasteiger partial charge in [0, 0.05) is 18.8 Å². The molecular formula is C12H12N6. The smallest absolute Gasteiger partial charge is 0.224 e. The second-order valence-electron chi connectivity index (χ2n) is 3.76. The lowest BCUT2D eigenvalue weighted by Crippen LogP contribution is -2.06. The highest BCUT2D eigenvalue weighted by atomic mass is 15.4. The highest BCUT2D eigenvalue weighted by Gasteiger charge is 2.07. The van der Waals surface area contributed by atoms with Crippen LogP contribution in [0.4, 0.5) is 5.95 Å². The zero-order valence-electron chi connectivity index (χ0n) is 9.91. The summed E-state index contributed by atoms with van der Waals surface area (Å²) in [6.45, 7) is 2.78. The molecule has 0 amide bonds. The van der Waals surface area contributed by atoms with Crippen LogP contribution in [0, 0.1) is 0 Å². The summed E-state index contributed by atoms with van der Waals surface area (Å²) >= 11 is 0. The second kappa shape index (κ2) is 4.40. The van der Waals surface area contributed by atoms with Gasteiger partial charge >= 0.3 is 0 Å². The van der Waals surface area contributed by atoms with Gasteiger partial charge in [-0.05, 0) is 19.1 Å². The molecule has 90 valence electrons. The predicted molar refractivity (Wildman–Crippen MR) is 68.6 cm³/mol. The summed E-state index contributed by atoms with van der Waals surface area (Å²) in [5.41, 5.74) is 1.78. The van der Waals surface area contributed by atoms with Crippen LogP contribution in [0.15, 0.2) is 36.5 Å². The van der Waals surface area contributed by atoms with Gasteiger partial charge < -0.3 is 5.32 Å². The average molecular weight is 240 g/mol. The van der Waals surface area contributed by atoms with Gasteiger partial charge in [0.15, 0.2) is 5.82 Å². The highest BCUT2D eigenvalue weighted by molar-refractivity contribution is 5.75. The maximum absolute atomic E-state index is 4.39. The quantitative estimate of drug-likeness (QED) is 0.753. The van der Waals surface area contributed by atoms with Crippen LogP contribution in [0.25, 0.3) is 16.9 Å². The Labute approximate surface area is 104 Å². The molecule has 1 aromatic carbocycles. The van der Waals surface area contributed by atoms with E-state index in [0.29, 0.717) is 11.8 Å². The molecule has 0 aliphatic carbocycles. The Morgan fingerprint density at radius 1 is 1.22 bits per heavy atom. The van der Waals surface area contributed by atoms with Crippen molar-refractivity contribution in [3.05, 3.63) is 36.5 Å². The third-order valence-corrected chi connectivity index (χ3v) is 2.54. The summed E-state index contributed by atoms with van der Waals surface area (Å²) < 4.78 is 1.71. The Balaban J connectivity index is 2.11. The molecule has 18 heavy (non-hydrogen) atoms. The van der Waals surface area contributed by atoms with Crippen LogP contribution in [0.5, 0.6) is 0 Å². The molecule has 0 atom stereocenters. The van der Waals surface area contributed by atoms with E-state index in [0.717, 1.165) is 17.6 Å². The van der Waals surface area contributed by atoms with Gasteiger partial charge in [-0.3, -0.25) is 0 Å². The lowest BCUT2D eigenvalue weighted by molar-refractivity contribution is 0.797. The standard InChI is InChI=1S/C12H12N6/c1-2-13-12-14-8-7-11(15-12)18-10-6-4-3-5-9(10)16-17-18/h3-8H,2H2,1H3,(H,13,14,15). The van der Waals surface area contributed by atoms with E-state index in [1.165, 1.54) is 0 Å². The van der Waals surface area contributed by atoms with Crippen molar-refractivity contribution >= 4 is 17.0 Å². The summed E-state index contributed by atoms with van der Waals surface area (Å²) in [5, 5.41) is 11.3. The molecule has 0 fully saturated rings. The van der Waals surface area contributed by atoms with Crippen molar-refractivity contribution in [3.63, 3.8) is 0 Å². The lowest BCUT2D eigenvalue weighted by Gasteiger charge is -2.04. The van der Waals surface area contributed by atoms with Gasteiger partial charge in [0.1, 0.15) is 5.52 Å². The van der Waals surface area contributed by atoms with Gasteiger partial charge in [-0.2, -0.15) is 9.67 Å². The van der Waals surface area contributed by atoms with Gasteiger partial charge in [0.25, 0.3) is 0 Å². The summed E-state index contributed by atoms with van der Waals surface area (Å²) in [4.78, 5) is 8.53. The minimum Gasteiger partial charge on any atom is -0.354 e. The molecule has 2 heterocycles. The minimum absolute atomic E-state index is 0.592. The molecule has 0 saturated carbocycles. The fourth-order valence-corrected chi connectivity index (χ4v) is 1.75. The maximum atomic E-state index is 4.39.